The van der Waals surface area contributed by atoms with E-state index in [1.165, 1.54) is 4.90 Å². The number of anilines is 1. The summed E-state index contributed by atoms with van der Waals surface area (Å²) >= 11 is 0. The minimum Gasteiger partial charge on any atom is -0.378 e. The van der Waals surface area contributed by atoms with Crippen molar-refractivity contribution in [2.45, 2.75) is 98.3 Å². The SMILES string of the molecule is CC(C)C1CCN(C(=O)[C@@H](NC(=O)N[C@H](C(=O)c2ccc(N(C)C)cc2)C(C)C)C(C)(C)C)[C@@H]1C(=O)NC(CC1CC1)C(=O)C(N)=O. The molecule has 1 aliphatic carbocycles. The van der Waals surface area contributed by atoms with Gasteiger partial charge in [-0.1, -0.05) is 61.3 Å². The first-order valence-electron chi connectivity index (χ1n) is 16.7. The molecule has 2 fully saturated rings. The van der Waals surface area contributed by atoms with Crippen LogP contribution in [-0.4, -0.2) is 85.0 Å². The number of ketones is 2. The van der Waals surface area contributed by atoms with Gasteiger partial charge in [0.05, 0.1) is 12.1 Å². The van der Waals surface area contributed by atoms with Gasteiger partial charge in [0.25, 0.3) is 5.91 Å². The Balaban J connectivity index is 1.82. The molecule has 5 amide bonds. The van der Waals surface area contributed by atoms with Crippen molar-refractivity contribution in [1.29, 1.82) is 0 Å². The quantitative estimate of drug-likeness (QED) is 0.177. The zero-order valence-corrected chi connectivity index (χ0v) is 29.4. The summed E-state index contributed by atoms with van der Waals surface area (Å²) in [6, 6.07) is 2.60. The molecule has 1 saturated carbocycles. The number of rotatable bonds is 14. The number of nitrogens with one attached hydrogen (secondary N) is 3. The summed E-state index contributed by atoms with van der Waals surface area (Å²) in [5.41, 5.74) is 5.93. The van der Waals surface area contributed by atoms with Gasteiger partial charge < -0.3 is 31.5 Å². The molecule has 1 aromatic rings. The van der Waals surface area contributed by atoms with Crippen LogP contribution >= 0.6 is 0 Å². The van der Waals surface area contributed by atoms with Gasteiger partial charge in [0.2, 0.25) is 17.6 Å². The van der Waals surface area contributed by atoms with Crippen LogP contribution in [0.2, 0.25) is 0 Å². The molecule has 0 aromatic heterocycles. The lowest BCUT2D eigenvalue weighted by molar-refractivity contribution is -0.144. The van der Waals surface area contributed by atoms with Gasteiger partial charge in [0.15, 0.2) is 5.78 Å². The highest BCUT2D eigenvalue weighted by molar-refractivity contribution is 6.37. The van der Waals surface area contributed by atoms with E-state index >= 15 is 0 Å². The molecule has 5 N–H and O–H groups in total. The number of urea groups is 1. The van der Waals surface area contributed by atoms with Crippen molar-refractivity contribution in [3.63, 3.8) is 0 Å². The molecule has 0 spiro atoms. The number of primary amides is 1. The van der Waals surface area contributed by atoms with E-state index in [2.05, 4.69) is 16.0 Å². The minimum atomic E-state index is -1.11. The maximum atomic E-state index is 14.3. The predicted molar refractivity (Wildman–Crippen MR) is 181 cm³/mol. The van der Waals surface area contributed by atoms with Crippen molar-refractivity contribution in [2.75, 3.05) is 25.5 Å². The van der Waals surface area contributed by atoms with Crippen LogP contribution in [0.3, 0.4) is 0 Å². The molecule has 12 heteroatoms. The van der Waals surface area contributed by atoms with Gasteiger partial charge in [-0.3, -0.25) is 24.0 Å². The molecule has 3 rings (SSSR count). The van der Waals surface area contributed by atoms with E-state index in [0.29, 0.717) is 18.4 Å². The van der Waals surface area contributed by atoms with Gasteiger partial charge >= 0.3 is 6.03 Å². The fourth-order valence-electron chi connectivity index (χ4n) is 6.21. The minimum absolute atomic E-state index is 0.0335. The highest BCUT2D eigenvalue weighted by Crippen LogP contribution is 2.35. The molecular weight excluding hydrogens is 600 g/mol. The maximum absolute atomic E-state index is 14.3. The number of carbonyl (C=O) groups excluding carboxylic acids is 6. The van der Waals surface area contributed by atoms with E-state index < -0.39 is 59.1 Å². The Morgan fingerprint density at radius 2 is 1.51 bits per heavy atom. The van der Waals surface area contributed by atoms with Crippen molar-refractivity contribution in [1.82, 2.24) is 20.9 Å². The molecular formula is C35H54N6O6. The van der Waals surface area contributed by atoms with E-state index in [9.17, 15) is 28.8 Å². The third kappa shape index (κ3) is 9.54. The van der Waals surface area contributed by atoms with E-state index in [1.807, 2.05) is 79.6 Å². The van der Waals surface area contributed by atoms with Gasteiger partial charge in [0.1, 0.15) is 12.1 Å². The maximum Gasteiger partial charge on any atom is 0.316 e. The normalized spacial score (nSPS) is 19.9. The zero-order valence-electron chi connectivity index (χ0n) is 29.4. The molecule has 0 radical (unpaired) electrons. The second-order valence-electron chi connectivity index (χ2n) is 15.1. The number of amides is 5. The first-order chi connectivity index (χ1) is 21.8. The summed E-state index contributed by atoms with van der Waals surface area (Å²) in [5, 5.41) is 8.36. The highest BCUT2D eigenvalue weighted by Gasteiger charge is 2.48. The molecule has 2 unspecified atom stereocenters. The molecule has 47 heavy (non-hydrogen) atoms. The molecule has 260 valence electrons. The smallest absolute Gasteiger partial charge is 0.316 e. The molecule has 0 bridgehead atoms. The number of hydrogen-bond acceptors (Lipinski definition) is 7. The van der Waals surface area contributed by atoms with E-state index in [1.54, 1.807) is 12.1 Å². The second-order valence-corrected chi connectivity index (χ2v) is 15.1. The summed E-state index contributed by atoms with van der Waals surface area (Å²) in [4.78, 5) is 82.9. The summed E-state index contributed by atoms with van der Waals surface area (Å²) in [7, 11) is 3.81. The van der Waals surface area contributed by atoms with Crippen LogP contribution in [0, 0.1) is 29.1 Å². The van der Waals surface area contributed by atoms with Crippen molar-refractivity contribution < 1.29 is 28.8 Å². The van der Waals surface area contributed by atoms with Gasteiger partial charge in [-0.05, 0) is 66.2 Å². The number of nitrogens with two attached hydrogens (primary N) is 1. The first-order valence-corrected chi connectivity index (χ1v) is 16.7. The van der Waals surface area contributed by atoms with E-state index in [4.69, 9.17) is 5.73 Å². The molecule has 2 aliphatic rings. The number of benzene rings is 1. The standard InChI is InChI=1S/C35H54N6O6/c1-19(2)24-16-17-41(27(24)32(45)37-25(18-21-10-11-21)29(43)31(36)44)33(46)30(35(5,6)7)39-34(47)38-26(20(3)4)28(42)22-12-14-23(15-13-22)40(8)9/h12-15,19-21,24-27,30H,10-11,16-18H2,1-9H3,(H2,36,44)(H,37,45)(H2,38,39,47)/t24?,25?,26-,27-,30+/m0/s1. The van der Waals surface area contributed by atoms with Crippen LogP contribution in [0.25, 0.3) is 0 Å². The number of hydrogen-bond donors (Lipinski definition) is 4. The lowest BCUT2D eigenvalue weighted by atomic mass is 9.84. The first kappa shape index (κ1) is 37.5. The predicted octanol–water partition coefficient (Wildman–Crippen LogP) is 2.89. The molecule has 1 aliphatic heterocycles. The van der Waals surface area contributed by atoms with Crippen LogP contribution in [-0.2, 0) is 19.2 Å². The Kier molecular flexibility index (Phi) is 12.2. The van der Waals surface area contributed by atoms with E-state index in [0.717, 1.165) is 18.5 Å². The summed E-state index contributed by atoms with van der Waals surface area (Å²) in [6.07, 6.45) is 2.70. The topological polar surface area (TPSA) is 171 Å². The molecule has 5 atom stereocenters. The van der Waals surface area contributed by atoms with Crippen molar-refractivity contribution in [2.24, 2.45) is 34.8 Å². The number of carbonyl (C=O) groups is 6. The average Bonchev–Trinajstić information content (AvgIpc) is 3.69. The zero-order chi connectivity index (χ0) is 35.4. The highest BCUT2D eigenvalue weighted by atomic mass is 16.2. The third-order valence-corrected chi connectivity index (χ3v) is 9.29. The summed E-state index contributed by atoms with van der Waals surface area (Å²) in [6.45, 7) is 13.3. The van der Waals surface area contributed by atoms with Crippen LogP contribution in [0.4, 0.5) is 10.5 Å². The number of Topliss-reactive ketones (excluding diaryl/α,β-unsaturated/α-hetero) is 2. The monoisotopic (exact) mass is 654 g/mol. The molecule has 12 nitrogen and oxygen atoms in total. The summed E-state index contributed by atoms with van der Waals surface area (Å²) in [5.74, 6) is -3.35. The van der Waals surface area contributed by atoms with E-state index in [-0.39, 0.29) is 36.0 Å². The lowest BCUT2D eigenvalue weighted by Crippen LogP contribution is -2.62. The van der Waals surface area contributed by atoms with Crippen LogP contribution < -0.4 is 26.6 Å². The van der Waals surface area contributed by atoms with Gasteiger partial charge in [-0.2, -0.15) is 0 Å². The fraction of sp³-hybridized carbons (Fsp3) is 0.657. The molecule has 1 aromatic carbocycles. The Labute approximate surface area is 278 Å². The number of nitrogens with zero attached hydrogens (tertiary/aromatic N) is 2. The fourth-order valence-corrected chi connectivity index (χ4v) is 6.21. The van der Waals surface area contributed by atoms with Crippen molar-refractivity contribution in [3.8, 4) is 0 Å². The Hall–Kier alpha value is -3.96. The Morgan fingerprint density at radius 3 is 1.98 bits per heavy atom. The van der Waals surface area contributed by atoms with Crippen molar-refractivity contribution >= 4 is 41.0 Å². The largest absolute Gasteiger partial charge is 0.378 e. The van der Waals surface area contributed by atoms with Crippen LogP contribution in [0.5, 0.6) is 0 Å². The number of likely N-dealkylation sites (tertiary alicyclic amines) is 1. The van der Waals surface area contributed by atoms with Crippen molar-refractivity contribution in [3.05, 3.63) is 29.8 Å². The Morgan fingerprint density at radius 1 is 0.915 bits per heavy atom. The summed E-state index contributed by atoms with van der Waals surface area (Å²) < 4.78 is 0. The molecule has 1 saturated heterocycles. The molecule has 1 heterocycles. The lowest BCUT2D eigenvalue weighted by Gasteiger charge is -2.37. The Bertz CT molecular complexity index is 1330. The van der Waals surface area contributed by atoms with Gasteiger partial charge in [-0.25, -0.2) is 4.79 Å². The average molecular weight is 655 g/mol. The second kappa shape index (κ2) is 15.3. The van der Waals surface area contributed by atoms with Crippen LogP contribution in [0.1, 0.15) is 84.5 Å². The third-order valence-electron chi connectivity index (χ3n) is 9.29. The van der Waals surface area contributed by atoms with Gasteiger partial charge in [0, 0.05) is 31.9 Å². The van der Waals surface area contributed by atoms with Gasteiger partial charge in [-0.15, -0.1) is 0 Å². The van der Waals surface area contributed by atoms with Crippen LogP contribution in [0.15, 0.2) is 24.3 Å².